The van der Waals surface area contributed by atoms with Crippen LogP contribution in [0.4, 0.5) is 0 Å². The van der Waals surface area contributed by atoms with Crippen LogP contribution in [-0.2, 0) is 9.53 Å². The zero-order valence-corrected chi connectivity index (χ0v) is 10.00. The smallest absolute Gasteiger partial charge is 0.249 e. The number of piperidine rings is 1. The molecule has 2 fully saturated rings. The molecule has 0 aromatic rings. The average molecular weight is 226 g/mol. The Morgan fingerprint density at radius 1 is 1.31 bits per heavy atom. The topological polar surface area (TPSA) is 50.4 Å². The predicted octanol–water partition coefficient (Wildman–Crippen LogP) is 0.670. The van der Waals surface area contributed by atoms with E-state index in [0.717, 1.165) is 32.5 Å². The maximum absolute atomic E-state index is 11.8. The van der Waals surface area contributed by atoms with Gasteiger partial charge in [0, 0.05) is 6.54 Å². The van der Waals surface area contributed by atoms with E-state index in [1.54, 1.807) is 0 Å². The summed E-state index contributed by atoms with van der Waals surface area (Å²) >= 11 is 0. The molecular weight excluding hydrogens is 204 g/mol. The van der Waals surface area contributed by atoms with Crippen LogP contribution in [0.25, 0.3) is 0 Å². The fourth-order valence-electron chi connectivity index (χ4n) is 2.44. The van der Waals surface area contributed by atoms with E-state index in [2.05, 4.69) is 10.6 Å². The van der Waals surface area contributed by atoms with Gasteiger partial charge in [-0.1, -0.05) is 0 Å². The molecule has 0 saturated carbocycles. The third-order valence-corrected chi connectivity index (χ3v) is 3.55. The molecule has 16 heavy (non-hydrogen) atoms. The lowest BCUT2D eigenvalue weighted by molar-refractivity contribution is -0.131. The molecule has 2 saturated heterocycles. The van der Waals surface area contributed by atoms with Crippen LogP contribution in [0, 0.1) is 5.92 Å². The Bertz CT molecular complexity index is 239. The monoisotopic (exact) mass is 226 g/mol. The zero-order chi connectivity index (χ0) is 11.4. The summed E-state index contributed by atoms with van der Waals surface area (Å²) in [5.74, 6) is 0.729. The first-order valence-electron chi connectivity index (χ1n) is 6.39. The Kier molecular flexibility index (Phi) is 4.18. The molecule has 0 bridgehead atoms. The Labute approximate surface area is 97.1 Å². The van der Waals surface area contributed by atoms with Crippen LogP contribution in [0.5, 0.6) is 0 Å². The minimum absolute atomic E-state index is 0.0860. The highest BCUT2D eigenvalue weighted by Crippen LogP contribution is 2.19. The van der Waals surface area contributed by atoms with Gasteiger partial charge < -0.3 is 15.4 Å². The summed E-state index contributed by atoms with van der Waals surface area (Å²) in [4.78, 5) is 11.8. The van der Waals surface area contributed by atoms with Crippen molar-refractivity contribution in [3.8, 4) is 0 Å². The van der Waals surface area contributed by atoms with Crippen molar-refractivity contribution in [1.82, 2.24) is 10.6 Å². The summed E-state index contributed by atoms with van der Waals surface area (Å²) in [6.07, 6.45) is 4.26. The standard InChI is InChI=1S/C12H22N2O2/c1-9-2-3-11(16-9)12(15)14-8-10-4-6-13-7-5-10/h9-11,13H,2-8H2,1H3,(H,14,15). The van der Waals surface area contributed by atoms with Gasteiger partial charge in [0.1, 0.15) is 6.10 Å². The Morgan fingerprint density at radius 2 is 2.06 bits per heavy atom. The number of ether oxygens (including phenoxy) is 1. The minimum Gasteiger partial charge on any atom is -0.365 e. The van der Waals surface area contributed by atoms with Gasteiger partial charge in [0.2, 0.25) is 5.91 Å². The van der Waals surface area contributed by atoms with Crippen molar-refractivity contribution in [2.24, 2.45) is 5.92 Å². The van der Waals surface area contributed by atoms with E-state index in [1.807, 2.05) is 6.92 Å². The molecule has 2 unspecified atom stereocenters. The van der Waals surface area contributed by atoms with Crippen molar-refractivity contribution in [3.63, 3.8) is 0 Å². The van der Waals surface area contributed by atoms with Crippen molar-refractivity contribution >= 4 is 5.91 Å². The fraction of sp³-hybridized carbons (Fsp3) is 0.917. The van der Waals surface area contributed by atoms with Crippen molar-refractivity contribution < 1.29 is 9.53 Å². The summed E-state index contributed by atoms with van der Waals surface area (Å²) in [5, 5.41) is 6.35. The largest absolute Gasteiger partial charge is 0.365 e. The molecule has 4 nitrogen and oxygen atoms in total. The lowest BCUT2D eigenvalue weighted by atomic mass is 9.98. The normalized spacial score (nSPS) is 31.6. The number of hydrogen-bond donors (Lipinski definition) is 2. The van der Waals surface area contributed by atoms with Crippen LogP contribution in [-0.4, -0.2) is 37.7 Å². The van der Waals surface area contributed by atoms with Crippen LogP contribution in [0.2, 0.25) is 0 Å². The van der Waals surface area contributed by atoms with Gasteiger partial charge in [-0.2, -0.15) is 0 Å². The van der Waals surface area contributed by atoms with Gasteiger partial charge in [0.15, 0.2) is 0 Å². The Hall–Kier alpha value is -0.610. The molecule has 2 atom stereocenters. The van der Waals surface area contributed by atoms with E-state index in [4.69, 9.17) is 4.74 Å². The second-order valence-corrected chi connectivity index (χ2v) is 4.95. The fourth-order valence-corrected chi connectivity index (χ4v) is 2.44. The summed E-state index contributed by atoms with van der Waals surface area (Å²) in [6, 6.07) is 0. The molecule has 2 aliphatic heterocycles. The molecule has 0 aliphatic carbocycles. The number of carbonyl (C=O) groups excluding carboxylic acids is 1. The minimum atomic E-state index is -0.197. The van der Waals surface area contributed by atoms with Gasteiger partial charge in [-0.25, -0.2) is 0 Å². The molecular formula is C12H22N2O2. The first-order chi connectivity index (χ1) is 7.75. The van der Waals surface area contributed by atoms with Gasteiger partial charge in [0.05, 0.1) is 6.10 Å². The number of nitrogens with one attached hydrogen (secondary N) is 2. The average Bonchev–Trinajstić information content (AvgIpc) is 2.74. The summed E-state index contributed by atoms with van der Waals surface area (Å²) < 4.78 is 5.54. The third kappa shape index (κ3) is 3.19. The lowest BCUT2D eigenvalue weighted by Crippen LogP contribution is -2.40. The Balaban J connectivity index is 1.67. The molecule has 92 valence electrons. The van der Waals surface area contributed by atoms with Gasteiger partial charge in [-0.15, -0.1) is 0 Å². The first-order valence-corrected chi connectivity index (χ1v) is 6.39. The van der Waals surface area contributed by atoms with Gasteiger partial charge in [-0.05, 0) is 51.6 Å². The third-order valence-electron chi connectivity index (χ3n) is 3.55. The van der Waals surface area contributed by atoms with E-state index in [0.29, 0.717) is 5.92 Å². The second kappa shape index (κ2) is 5.64. The number of hydrogen-bond acceptors (Lipinski definition) is 3. The van der Waals surface area contributed by atoms with E-state index >= 15 is 0 Å². The molecule has 0 spiro atoms. The molecule has 0 aromatic heterocycles. The molecule has 4 heteroatoms. The predicted molar refractivity (Wildman–Crippen MR) is 62.2 cm³/mol. The molecule has 2 N–H and O–H groups in total. The molecule has 1 amide bonds. The summed E-state index contributed by atoms with van der Waals surface area (Å²) in [5.41, 5.74) is 0. The zero-order valence-electron chi connectivity index (χ0n) is 10.00. The molecule has 2 rings (SSSR count). The number of carbonyl (C=O) groups is 1. The van der Waals surface area contributed by atoms with E-state index in [9.17, 15) is 4.79 Å². The molecule has 2 aliphatic rings. The van der Waals surface area contributed by atoms with Crippen LogP contribution in [0.1, 0.15) is 32.6 Å². The summed E-state index contributed by atoms with van der Waals surface area (Å²) in [7, 11) is 0. The van der Waals surface area contributed by atoms with E-state index in [1.165, 1.54) is 12.8 Å². The summed E-state index contributed by atoms with van der Waals surface area (Å²) in [6.45, 7) is 5.00. The molecule has 0 radical (unpaired) electrons. The molecule has 2 heterocycles. The van der Waals surface area contributed by atoms with Crippen molar-refractivity contribution in [2.75, 3.05) is 19.6 Å². The van der Waals surface area contributed by atoms with Crippen molar-refractivity contribution in [3.05, 3.63) is 0 Å². The maximum atomic E-state index is 11.8. The lowest BCUT2D eigenvalue weighted by Gasteiger charge is -2.23. The van der Waals surface area contributed by atoms with E-state index in [-0.39, 0.29) is 18.1 Å². The van der Waals surface area contributed by atoms with Crippen molar-refractivity contribution in [1.29, 1.82) is 0 Å². The van der Waals surface area contributed by atoms with Crippen LogP contribution in [0.15, 0.2) is 0 Å². The van der Waals surface area contributed by atoms with Gasteiger partial charge >= 0.3 is 0 Å². The van der Waals surface area contributed by atoms with Crippen LogP contribution >= 0.6 is 0 Å². The highest BCUT2D eigenvalue weighted by molar-refractivity contribution is 5.80. The quantitative estimate of drug-likeness (QED) is 0.743. The highest BCUT2D eigenvalue weighted by atomic mass is 16.5. The van der Waals surface area contributed by atoms with Gasteiger partial charge in [0.25, 0.3) is 0 Å². The van der Waals surface area contributed by atoms with E-state index < -0.39 is 0 Å². The first kappa shape index (κ1) is 11.9. The molecule has 0 aromatic carbocycles. The maximum Gasteiger partial charge on any atom is 0.249 e. The van der Waals surface area contributed by atoms with Crippen LogP contribution < -0.4 is 10.6 Å². The van der Waals surface area contributed by atoms with Crippen molar-refractivity contribution in [2.45, 2.75) is 44.8 Å². The second-order valence-electron chi connectivity index (χ2n) is 4.95. The van der Waals surface area contributed by atoms with Crippen LogP contribution in [0.3, 0.4) is 0 Å². The number of amides is 1. The SMILES string of the molecule is CC1CCC(C(=O)NCC2CCNCC2)O1. The highest BCUT2D eigenvalue weighted by Gasteiger charge is 2.28. The van der Waals surface area contributed by atoms with Gasteiger partial charge in [-0.3, -0.25) is 4.79 Å². The number of rotatable bonds is 3. The Morgan fingerprint density at radius 3 is 2.69 bits per heavy atom.